The molecule has 0 aromatic rings. The van der Waals surface area contributed by atoms with Crippen LogP contribution in [0.1, 0.15) is 65.7 Å². The van der Waals surface area contributed by atoms with Gasteiger partial charge in [-0.2, -0.15) is 0 Å². The second-order valence-electron chi connectivity index (χ2n) is 6.35. The third-order valence-corrected chi connectivity index (χ3v) is 4.36. The largest absolute Gasteiger partial charge is 0.458 e. The summed E-state index contributed by atoms with van der Waals surface area (Å²) in [5.41, 5.74) is 0.471. The average Bonchev–Trinajstić information content (AvgIpc) is 3.11. The maximum absolute atomic E-state index is 11.4. The molecule has 0 aliphatic heterocycles. The first-order chi connectivity index (χ1) is 8.46. The van der Waals surface area contributed by atoms with E-state index in [1.165, 1.54) is 25.7 Å². The maximum Gasteiger partial charge on any atom is 0.306 e. The molecule has 3 nitrogen and oxygen atoms in total. The lowest BCUT2D eigenvalue weighted by atomic mass is 9.90. The Bertz CT molecular complexity index is 307. The van der Waals surface area contributed by atoms with E-state index in [1.807, 2.05) is 6.92 Å². The summed E-state index contributed by atoms with van der Waals surface area (Å²) in [6.07, 6.45) is 8.02. The molecule has 0 spiro atoms. The number of esters is 1. The lowest BCUT2D eigenvalue weighted by Gasteiger charge is -2.26. The summed E-state index contributed by atoms with van der Waals surface area (Å²) in [6.45, 7) is 5.33. The SMILES string of the molecule is CC(C)O.CCC(=O)OC1(C2(C3CC3)CC2)CC1. The molecule has 0 aromatic heterocycles. The monoisotopic (exact) mass is 254 g/mol. The van der Waals surface area contributed by atoms with E-state index < -0.39 is 0 Å². The van der Waals surface area contributed by atoms with E-state index >= 15 is 0 Å². The van der Waals surface area contributed by atoms with E-state index in [-0.39, 0.29) is 17.7 Å². The Morgan fingerprint density at radius 3 is 2.06 bits per heavy atom. The van der Waals surface area contributed by atoms with Crippen LogP contribution in [0, 0.1) is 11.3 Å². The molecule has 0 aromatic carbocycles. The van der Waals surface area contributed by atoms with E-state index in [0.29, 0.717) is 11.8 Å². The number of aliphatic hydroxyl groups is 1. The minimum absolute atomic E-state index is 0.00873. The Labute approximate surface area is 110 Å². The molecule has 0 amide bonds. The first-order valence-electron chi connectivity index (χ1n) is 7.36. The van der Waals surface area contributed by atoms with Crippen LogP contribution in [0.3, 0.4) is 0 Å². The van der Waals surface area contributed by atoms with Gasteiger partial charge in [-0.1, -0.05) is 6.92 Å². The molecule has 3 rings (SSSR count). The Kier molecular flexibility index (Phi) is 3.72. The Morgan fingerprint density at radius 2 is 1.78 bits per heavy atom. The second kappa shape index (κ2) is 4.84. The molecule has 3 saturated carbocycles. The van der Waals surface area contributed by atoms with Gasteiger partial charge in [0.25, 0.3) is 0 Å². The molecule has 0 bridgehead atoms. The van der Waals surface area contributed by atoms with Gasteiger partial charge in [0, 0.05) is 17.9 Å². The highest BCUT2D eigenvalue weighted by atomic mass is 16.6. The van der Waals surface area contributed by atoms with Crippen molar-refractivity contribution in [1.29, 1.82) is 0 Å². The molecule has 0 saturated heterocycles. The number of carbonyl (C=O) groups excluding carboxylic acids is 1. The van der Waals surface area contributed by atoms with Crippen molar-refractivity contribution in [2.75, 3.05) is 0 Å². The summed E-state index contributed by atoms with van der Waals surface area (Å²) >= 11 is 0. The highest BCUT2D eigenvalue weighted by Crippen LogP contribution is 2.74. The minimum Gasteiger partial charge on any atom is -0.458 e. The predicted molar refractivity (Wildman–Crippen MR) is 70.1 cm³/mol. The van der Waals surface area contributed by atoms with E-state index in [4.69, 9.17) is 9.84 Å². The van der Waals surface area contributed by atoms with Gasteiger partial charge in [0.2, 0.25) is 0 Å². The molecule has 3 aliphatic rings. The van der Waals surface area contributed by atoms with Crippen LogP contribution in [-0.4, -0.2) is 22.8 Å². The lowest BCUT2D eigenvalue weighted by molar-refractivity contribution is -0.156. The molecule has 3 heteroatoms. The molecule has 3 fully saturated rings. The first kappa shape index (κ1) is 13.9. The van der Waals surface area contributed by atoms with Crippen molar-refractivity contribution in [2.45, 2.75) is 77.4 Å². The quantitative estimate of drug-likeness (QED) is 0.784. The van der Waals surface area contributed by atoms with Crippen molar-refractivity contribution < 1.29 is 14.6 Å². The van der Waals surface area contributed by atoms with Crippen LogP contribution in [0.5, 0.6) is 0 Å². The van der Waals surface area contributed by atoms with E-state index in [2.05, 4.69) is 0 Å². The summed E-state index contributed by atoms with van der Waals surface area (Å²) in [6, 6.07) is 0. The molecule has 18 heavy (non-hydrogen) atoms. The van der Waals surface area contributed by atoms with Gasteiger partial charge in [0.05, 0.1) is 0 Å². The number of carbonyl (C=O) groups is 1. The molecule has 104 valence electrons. The van der Waals surface area contributed by atoms with Crippen LogP contribution in [0.25, 0.3) is 0 Å². The summed E-state index contributed by atoms with van der Waals surface area (Å²) < 4.78 is 5.69. The van der Waals surface area contributed by atoms with Gasteiger partial charge in [-0.25, -0.2) is 0 Å². The van der Waals surface area contributed by atoms with Crippen LogP contribution in [0.15, 0.2) is 0 Å². The molecule has 1 N–H and O–H groups in total. The zero-order chi connectivity index (χ0) is 13.4. The van der Waals surface area contributed by atoms with Crippen molar-refractivity contribution in [3.63, 3.8) is 0 Å². The fraction of sp³-hybridized carbons (Fsp3) is 0.933. The minimum atomic E-state index is -0.167. The zero-order valence-corrected chi connectivity index (χ0v) is 11.9. The number of aliphatic hydroxyl groups excluding tert-OH is 1. The highest BCUT2D eigenvalue weighted by Gasteiger charge is 2.72. The van der Waals surface area contributed by atoms with Gasteiger partial charge in [-0.3, -0.25) is 4.79 Å². The molecule has 0 atom stereocenters. The lowest BCUT2D eigenvalue weighted by Crippen LogP contribution is -2.31. The van der Waals surface area contributed by atoms with Crippen molar-refractivity contribution in [3.05, 3.63) is 0 Å². The fourth-order valence-corrected chi connectivity index (χ4v) is 3.11. The van der Waals surface area contributed by atoms with Crippen LogP contribution in [0.4, 0.5) is 0 Å². The van der Waals surface area contributed by atoms with Crippen molar-refractivity contribution >= 4 is 5.97 Å². The van der Waals surface area contributed by atoms with E-state index in [1.54, 1.807) is 13.8 Å². The Morgan fingerprint density at radius 1 is 1.28 bits per heavy atom. The number of hydrogen-bond donors (Lipinski definition) is 1. The van der Waals surface area contributed by atoms with Gasteiger partial charge in [0.1, 0.15) is 5.60 Å². The molecule has 3 aliphatic carbocycles. The van der Waals surface area contributed by atoms with E-state index in [9.17, 15) is 4.79 Å². The topological polar surface area (TPSA) is 46.5 Å². The van der Waals surface area contributed by atoms with Gasteiger partial charge < -0.3 is 9.84 Å². The normalized spacial score (nSPS) is 26.1. The number of hydrogen-bond acceptors (Lipinski definition) is 3. The Balaban J connectivity index is 0.000000267. The van der Waals surface area contributed by atoms with Gasteiger partial charge in [-0.05, 0) is 58.3 Å². The standard InChI is InChI=1S/C12H18O2.C3H8O/c1-2-10(13)14-12(7-8-12)11(5-6-11)9-3-4-9;1-3(2)4/h9H,2-8H2,1H3;3-4H,1-2H3. The van der Waals surface area contributed by atoms with E-state index in [0.717, 1.165) is 18.8 Å². The van der Waals surface area contributed by atoms with Gasteiger partial charge in [0.15, 0.2) is 0 Å². The summed E-state index contributed by atoms with van der Waals surface area (Å²) in [4.78, 5) is 11.4. The van der Waals surface area contributed by atoms with Gasteiger partial charge in [-0.15, -0.1) is 0 Å². The van der Waals surface area contributed by atoms with Gasteiger partial charge >= 0.3 is 5.97 Å². The molecule has 0 unspecified atom stereocenters. The summed E-state index contributed by atoms with van der Waals surface area (Å²) in [5.74, 6) is 0.907. The van der Waals surface area contributed by atoms with Crippen LogP contribution < -0.4 is 0 Å². The third kappa shape index (κ3) is 2.71. The molecule has 0 radical (unpaired) electrons. The number of ether oxygens (including phenoxy) is 1. The van der Waals surface area contributed by atoms with Crippen molar-refractivity contribution in [1.82, 2.24) is 0 Å². The van der Waals surface area contributed by atoms with Crippen LogP contribution in [-0.2, 0) is 9.53 Å². The zero-order valence-electron chi connectivity index (χ0n) is 11.9. The van der Waals surface area contributed by atoms with Crippen LogP contribution in [0.2, 0.25) is 0 Å². The van der Waals surface area contributed by atoms with Crippen molar-refractivity contribution in [2.24, 2.45) is 11.3 Å². The molecular formula is C15H26O3. The smallest absolute Gasteiger partial charge is 0.306 e. The highest BCUT2D eigenvalue weighted by molar-refractivity contribution is 5.70. The predicted octanol–water partition coefficient (Wildman–Crippen LogP) is 3.05. The fourth-order valence-electron chi connectivity index (χ4n) is 3.11. The first-order valence-corrected chi connectivity index (χ1v) is 7.36. The average molecular weight is 254 g/mol. The second-order valence-corrected chi connectivity index (χ2v) is 6.35. The summed E-state index contributed by atoms with van der Waals surface area (Å²) in [5, 5.41) is 8.06. The van der Waals surface area contributed by atoms with Crippen molar-refractivity contribution in [3.8, 4) is 0 Å². The Hall–Kier alpha value is -0.570. The third-order valence-electron chi connectivity index (χ3n) is 4.36. The molecular weight excluding hydrogens is 228 g/mol. The van der Waals surface area contributed by atoms with Crippen LogP contribution >= 0.6 is 0 Å². The number of rotatable bonds is 4. The molecule has 0 heterocycles. The summed E-state index contributed by atoms with van der Waals surface area (Å²) in [7, 11) is 0. The maximum atomic E-state index is 11.4.